The molecule has 1 fully saturated rings. The first-order valence-corrected chi connectivity index (χ1v) is 11.3. The van der Waals surface area contributed by atoms with Gasteiger partial charge in [0.25, 0.3) is 0 Å². The van der Waals surface area contributed by atoms with Crippen molar-refractivity contribution in [3.63, 3.8) is 0 Å². The lowest BCUT2D eigenvalue weighted by atomic mass is 9.72. The first-order chi connectivity index (χ1) is 15.4. The average molecular weight is 430 g/mol. The molecule has 0 atom stereocenters. The van der Waals surface area contributed by atoms with Gasteiger partial charge in [-0.1, -0.05) is 19.9 Å². The Bertz CT molecular complexity index is 1120. The maximum absolute atomic E-state index is 5.49. The molecule has 2 aromatic carbocycles. The average Bonchev–Trinajstić information content (AvgIpc) is 2.80. The van der Waals surface area contributed by atoms with E-state index in [9.17, 15) is 0 Å². The van der Waals surface area contributed by atoms with Crippen LogP contribution in [0.25, 0.3) is 11.3 Å². The van der Waals surface area contributed by atoms with E-state index in [0.29, 0.717) is 5.95 Å². The number of piperazine rings is 1. The highest BCUT2D eigenvalue weighted by atomic mass is 16.5. The molecule has 1 aromatic heterocycles. The largest absolute Gasteiger partial charge is 0.497 e. The van der Waals surface area contributed by atoms with Gasteiger partial charge in [-0.15, -0.1) is 0 Å². The summed E-state index contributed by atoms with van der Waals surface area (Å²) in [4.78, 5) is 14.3. The molecule has 0 radical (unpaired) electrons. The van der Waals surface area contributed by atoms with Gasteiger partial charge in [0, 0.05) is 49.3 Å². The SMILES string of the molecule is COc1ccc2c(c1)-c1nc(Nc3ccc(N4CCN(C)CC4)cc3)ncc1CC2(C)C. The van der Waals surface area contributed by atoms with Crippen LogP contribution in [0.15, 0.2) is 48.7 Å². The number of likely N-dealkylation sites (N-methyl/N-ethyl adjacent to an activating group) is 1. The molecule has 2 heterocycles. The van der Waals surface area contributed by atoms with Crippen molar-refractivity contribution in [3.05, 3.63) is 59.8 Å². The van der Waals surface area contributed by atoms with E-state index in [0.717, 1.165) is 55.3 Å². The van der Waals surface area contributed by atoms with Crippen molar-refractivity contribution in [2.24, 2.45) is 0 Å². The topological polar surface area (TPSA) is 53.5 Å². The number of hydrogen-bond donors (Lipinski definition) is 1. The summed E-state index contributed by atoms with van der Waals surface area (Å²) in [6.45, 7) is 8.88. The third-order valence-electron chi connectivity index (χ3n) is 6.70. The molecule has 5 rings (SSSR count). The molecular formula is C26H31N5O. The van der Waals surface area contributed by atoms with E-state index in [2.05, 4.69) is 77.4 Å². The molecule has 0 bridgehead atoms. The van der Waals surface area contributed by atoms with E-state index in [-0.39, 0.29) is 5.41 Å². The monoisotopic (exact) mass is 429 g/mol. The number of fused-ring (bicyclic) bond motifs is 3. The van der Waals surface area contributed by atoms with Gasteiger partial charge in [0.1, 0.15) is 5.75 Å². The molecule has 6 nitrogen and oxygen atoms in total. The molecular weight excluding hydrogens is 398 g/mol. The second-order valence-electron chi connectivity index (χ2n) is 9.50. The lowest BCUT2D eigenvalue weighted by molar-refractivity contribution is 0.313. The van der Waals surface area contributed by atoms with Gasteiger partial charge in [-0.05, 0) is 66.4 Å². The van der Waals surface area contributed by atoms with Crippen LogP contribution in [0.1, 0.15) is 25.0 Å². The van der Waals surface area contributed by atoms with Crippen molar-refractivity contribution in [1.29, 1.82) is 0 Å². The predicted molar refractivity (Wildman–Crippen MR) is 130 cm³/mol. The summed E-state index contributed by atoms with van der Waals surface area (Å²) in [5, 5.41) is 3.39. The standard InChI is InChI=1S/C26H31N5O/c1-26(2)16-18-17-27-25(29-24(18)22-15-21(32-4)9-10-23(22)26)28-19-5-7-20(8-6-19)31-13-11-30(3)12-14-31/h5-10,15,17H,11-14,16H2,1-4H3,(H,27,28,29). The number of ether oxygens (including phenoxy) is 1. The molecule has 166 valence electrons. The van der Waals surface area contributed by atoms with Gasteiger partial charge in [-0.2, -0.15) is 0 Å². The smallest absolute Gasteiger partial charge is 0.227 e. The second kappa shape index (κ2) is 8.10. The highest BCUT2D eigenvalue weighted by Gasteiger charge is 2.32. The second-order valence-corrected chi connectivity index (χ2v) is 9.50. The van der Waals surface area contributed by atoms with Crippen LogP contribution in [-0.2, 0) is 11.8 Å². The number of nitrogens with one attached hydrogen (secondary N) is 1. The third-order valence-corrected chi connectivity index (χ3v) is 6.70. The van der Waals surface area contributed by atoms with Crippen LogP contribution in [0, 0.1) is 0 Å². The lowest BCUT2D eigenvalue weighted by Crippen LogP contribution is -2.44. The molecule has 1 N–H and O–H groups in total. The van der Waals surface area contributed by atoms with Gasteiger partial charge in [-0.25, -0.2) is 9.97 Å². The quantitative estimate of drug-likeness (QED) is 0.660. The summed E-state index contributed by atoms with van der Waals surface area (Å²) < 4.78 is 5.49. The first kappa shape index (κ1) is 20.8. The van der Waals surface area contributed by atoms with E-state index in [1.165, 1.54) is 16.8 Å². The maximum atomic E-state index is 5.49. The summed E-state index contributed by atoms with van der Waals surface area (Å²) in [6, 6.07) is 14.9. The Morgan fingerprint density at radius 2 is 1.75 bits per heavy atom. The van der Waals surface area contributed by atoms with Crippen LogP contribution in [0.4, 0.5) is 17.3 Å². The molecule has 0 spiro atoms. The van der Waals surface area contributed by atoms with E-state index >= 15 is 0 Å². The van der Waals surface area contributed by atoms with Crippen molar-refractivity contribution in [1.82, 2.24) is 14.9 Å². The Hall–Kier alpha value is -3.12. The summed E-state index contributed by atoms with van der Waals surface area (Å²) in [7, 11) is 3.88. The summed E-state index contributed by atoms with van der Waals surface area (Å²) >= 11 is 0. The molecule has 32 heavy (non-hydrogen) atoms. The zero-order valence-electron chi connectivity index (χ0n) is 19.4. The van der Waals surface area contributed by atoms with Gasteiger partial charge in [0.05, 0.1) is 12.8 Å². The lowest BCUT2D eigenvalue weighted by Gasteiger charge is -2.34. The molecule has 0 amide bonds. The minimum Gasteiger partial charge on any atom is -0.497 e. The van der Waals surface area contributed by atoms with Crippen LogP contribution in [0.5, 0.6) is 5.75 Å². The number of benzene rings is 2. The Morgan fingerprint density at radius 3 is 2.47 bits per heavy atom. The number of aromatic nitrogens is 2. The Labute approximate surface area is 190 Å². The maximum Gasteiger partial charge on any atom is 0.227 e. The van der Waals surface area contributed by atoms with Crippen molar-refractivity contribution in [3.8, 4) is 17.0 Å². The molecule has 2 aliphatic rings. The summed E-state index contributed by atoms with van der Waals surface area (Å²) in [5.74, 6) is 1.46. The molecule has 6 heteroatoms. The van der Waals surface area contributed by atoms with Gasteiger partial charge >= 0.3 is 0 Å². The highest BCUT2D eigenvalue weighted by Crippen LogP contribution is 2.43. The minimum atomic E-state index is 0.0337. The number of methoxy groups -OCH3 is 1. The van der Waals surface area contributed by atoms with Crippen molar-refractivity contribution >= 4 is 17.3 Å². The van der Waals surface area contributed by atoms with Crippen LogP contribution < -0.4 is 15.0 Å². The van der Waals surface area contributed by atoms with Gasteiger partial charge < -0.3 is 19.9 Å². The van der Waals surface area contributed by atoms with Crippen LogP contribution in [-0.4, -0.2) is 55.2 Å². The van der Waals surface area contributed by atoms with Crippen molar-refractivity contribution < 1.29 is 4.74 Å². The van der Waals surface area contributed by atoms with E-state index in [4.69, 9.17) is 9.72 Å². The summed E-state index contributed by atoms with van der Waals surface area (Å²) in [6.07, 6.45) is 2.88. The molecule has 3 aromatic rings. The van der Waals surface area contributed by atoms with Crippen LogP contribution >= 0.6 is 0 Å². The first-order valence-electron chi connectivity index (χ1n) is 11.3. The van der Waals surface area contributed by atoms with E-state index < -0.39 is 0 Å². The highest BCUT2D eigenvalue weighted by molar-refractivity contribution is 5.74. The van der Waals surface area contributed by atoms with Crippen LogP contribution in [0.2, 0.25) is 0 Å². The Morgan fingerprint density at radius 1 is 1.00 bits per heavy atom. The molecule has 1 saturated heterocycles. The van der Waals surface area contributed by atoms with Crippen molar-refractivity contribution in [2.75, 3.05) is 50.6 Å². The van der Waals surface area contributed by atoms with E-state index in [1.807, 2.05) is 12.3 Å². The molecule has 1 aliphatic heterocycles. The number of anilines is 3. The van der Waals surface area contributed by atoms with Gasteiger partial charge in [0.15, 0.2) is 0 Å². The normalized spacial score (nSPS) is 17.4. The zero-order chi connectivity index (χ0) is 22.3. The molecule has 0 unspecified atom stereocenters. The Balaban J connectivity index is 1.40. The Kier molecular flexibility index (Phi) is 5.25. The fraction of sp³-hybridized carbons (Fsp3) is 0.385. The number of hydrogen-bond acceptors (Lipinski definition) is 6. The van der Waals surface area contributed by atoms with Crippen molar-refractivity contribution in [2.45, 2.75) is 25.7 Å². The number of rotatable bonds is 4. The predicted octanol–water partition coefficient (Wildman–Crippen LogP) is 4.48. The van der Waals surface area contributed by atoms with Gasteiger partial charge in [0.2, 0.25) is 5.95 Å². The number of nitrogens with zero attached hydrogens (tertiary/aromatic N) is 4. The van der Waals surface area contributed by atoms with E-state index in [1.54, 1.807) is 7.11 Å². The van der Waals surface area contributed by atoms with Gasteiger partial charge in [-0.3, -0.25) is 0 Å². The fourth-order valence-corrected chi connectivity index (χ4v) is 4.79. The molecule has 0 saturated carbocycles. The fourth-order valence-electron chi connectivity index (χ4n) is 4.79. The summed E-state index contributed by atoms with van der Waals surface area (Å²) in [5.41, 5.74) is 6.88. The minimum absolute atomic E-state index is 0.0337. The molecule has 1 aliphatic carbocycles. The third kappa shape index (κ3) is 3.91. The zero-order valence-corrected chi connectivity index (χ0v) is 19.4. The van der Waals surface area contributed by atoms with Crippen LogP contribution in [0.3, 0.4) is 0 Å².